The van der Waals surface area contributed by atoms with Gasteiger partial charge in [0, 0.05) is 18.1 Å². The molecule has 0 bridgehead atoms. The predicted molar refractivity (Wildman–Crippen MR) is 67.2 cm³/mol. The number of likely N-dealkylation sites (tertiary alicyclic amines) is 1. The molecule has 0 aromatic heterocycles. The lowest BCUT2D eigenvalue weighted by Crippen LogP contribution is -2.42. The first-order valence-electron chi connectivity index (χ1n) is 6.31. The summed E-state index contributed by atoms with van der Waals surface area (Å²) in [7, 11) is 2.24. The van der Waals surface area contributed by atoms with Crippen LogP contribution < -0.4 is 0 Å². The van der Waals surface area contributed by atoms with Gasteiger partial charge in [-0.2, -0.15) is 0 Å². The van der Waals surface area contributed by atoms with E-state index in [-0.39, 0.29) is 0 Å². The highest BCUT2D eigenvalue weighted by atomic mass is 15.2. The maximum absolute atomic E-state index is 2.62. The van der Waals surface area contributed by atoms with Gasteiger partial charge in [-0.05, 0) is 60.2 Å². The van der Waals surface area contributed by atoms with Crippen molar-refractivity contribution in [1.29, 1.82) is 0 Å². The molecule has 1 aliphatic heterocycles. The van der Waals surface area contributed by atoms with Gasteiger partial charge >= 0.3 is 0 Å². The van der Waals surface area contributed by atoms with Gasteiger partial charge in [-0.3, -0.25) is 4.90 Å². The number of hydrogen-bond donors (Lipinski definition) is 0. The topological polar surface area (TPSA) is 6.48 Å². The number of rotatable bonds is 3. The highest BCUT2D eigenvalue weighted by molar-refractivity contribution is 4.88. The Morgan fingerprint density at radius 2 is 2.00 bits per heavy atom. The Bertz CT molecular complexity index is 195. The van der Waals surface area contributed by atoms with Crippen molar-refractivity contribution in [1.82, 2.24) is 9.80 Å². The van der Waals surface area contributed by atoms with Crippen molar-refractivity contribution in [3.8, 4) is 0 Å². The fourth-order valence-corrected chi connectivity index (χ4v) is 2.44. The van der Waals surface area contributed by atoms with Crippen LogP contribution in [0.4, 0.5) is 0 Å². The molecule has 2 heteroatoms. The molecule has 90 valence electrons. The molecule has 15 heavy (non-hydrogen) atoms. The van der Waals surface area contributed by atoms with Gasteiger partial charge in [0.05, 0.1) is 0 Å². The van der Waals surface area contributed by atoms with Gasteiger partial charge < -0.3 is 4.90 Å². The first-order valence-corrected chi connectivity index (χ1v) is 6.31. The van der Waals surface area contributed by atoms with Crippen molar-refractivity contribution in [3.63, 3.8) is 0 Å². The van der Waals surface area contributed by atoms with E-state index in [4.69, 9.17) is 0 Å². The molecule has 2 nitrogen and oxygen atoms in total. The van der Waals surface area contributed by atoms with Crippen LogP contribution in [0.15, 0.2) is 0 Å². The standard InChI is InChI=1S/C13H28N2/c1-7-14(6)11(2)12-8-9-15(10-12)13(3,4)5/h11-12H,7-10H2,1-6H3. The summed E-state index contributed by atoms with van der Waals surface area (Å²) in [6, 6.07) is 0.724. The fourth-order valence-electron chi connectivity index (χ4n) is 2.44. The molecule has 0 amide bonds. The molecule has 1 saturated heterocycles. The van der Waals surface area contributed by atoms with E-state index >= 15 is 0 Å². The van der Waals surface area contributed by atoms with E-state index in [9.17, 15) is 0 Å². The largest absolute Gasteiger partial charge is 0.304 e. The van der Waals surface area contributed by atoms with E-state index in [1.54, 1.807) is 0 Å². The Morgan fingerprint density at radius 1 is 1.40 bits per heavy atom. The van der Waals surface area contributed by atoms with Gasteiger partial charge in [0.25, 0.3) is 0 Å². The van der Waals surface area contributed by atoms with Crippen molar-refractivity contribution in [2.75, 3.05) is 26.7 Å². The zero-order valence-corrected chi connectivity index (χ0v) is 11.4. The van der Waals surface area contributed by atoms with Crippen LogP contribution in [0.25, 0.3) is 0 Å². The van der Waals surface area contributed by atoms with Crippen LogP contribution in [0.2, 0.25) is 0 Å². The summed E-state index contributed by atoms with van der Waals surface area (Å²) >= 11 is 0. The van der Waals surface area contributed by atoms with E-state index in [0.29, 0.717) is 5.54 Å². The highest BCUT2D eigenvalue weighted by Crippen LogP contribution is 2.27. The van der Waals surface area contributed by atoms with Crippen LogP contribution in [0.1, 0.15) is 41.0 Å². The monoisotopic (exact) mass is 212 g/mol. The van der Waals surface area contributed by atoms with Gasteiger partial charge in [-0.15, -0.1) is 0 Å². The molecule has 1 rings (SSSR count). The third-order valence-corrected chi connectivity index (χ3v) is 4.05. The number of hydrogen-bond acceptors (Lipinski definition) is 2. The predicted octanol–water partition coefficient (Wildman–Crippen LogP) is 2.45. The highest BCUT2D eigenvalue weighted by Gasteiger charge is 2.33. The van der Waals surface area contributed by atoms with E-state index in [0.717, 1.165) is 18.5 Å². The maximum Gasteiger partial charge on any atom is 0.0125 e. The summed E-state index contributed by atoms with van der Waals surface area (Å²) in [5.41, 5.74) is 0.346. The number of nitrogens with zero attached hydrogens (tertiary/aromatic N) is 2. The Labute approximate surface area is 95.6 Å². The van der Waals surface area contributed by atoms with Crippen LogP contribution in [0.3, 0.4) is 0 Å². The van der Waals surface area contributed by atoms with E-state index in [1.807, 2.05) is 0 Å². The molecule has 1 heterocycles. The molecule has 0 aromatic rings. The Kier molecular flexibility index (Phi) is 4.19. The summed E-state index contributed by atoms with van der Waals surface area (Å²) in [6.45, 7) is 15.3. The van der Waals surface area contributed by atoms with Crippen LogP contribution in [0, 0.1) is 5.92 Å². The molecule has 0 N–H and O–H groups in total. The van der Waals surface area contributed by atoms with Crippen LogP contribution in [-0.2, 0) is 0 Å². The summed E-state index contributed by atoms with van der Waals surface area (Å²) < 4.78 is 0. The van der Waals surface area contributed by atoms with E-state index in [1.165, 1.54) is 19.5 Å². The first-order chi connectivity index (χ1) is 6.86. The zero-order valence-electron chi connectivity index (χ0n) is 11.4. The second kappa shape index (κ2) is 4.84. The molecule has 2 atom stereocenters. The third-order valence-electron chi connectivity index (χ3n) is 4.05. The lowest BCUT2D eigenvalue weighted by atomic mass is 9.99. The van der Waals surface area contributed by atoms with Gasteiger partial charge in [-0.25, -0.2) is 0 Å². The fraction of sp³-hybridized carbons (Fsp3) is 1.00. The third kappa shape index (κ3) is 3.18. The zero-order chi connectivity index (χ0) is 11.6. The summed E-state index contributed by atoms with van der Waals surface area (Å²) in [4.78, 5) is 5.09. The smallest absolute Gasteiger partial charge is 0.0125 e. The molecular formula is C13H28N2. The van der Waals surface area contributed by atoms with E-state index in [2.05, 4.69) is 51.5 Å². The van der Waals surface area contributed by atoms with Crippen molar-refractivity contribution in [2.45, 2.75) is 52.6 Å². The minimum absolute atomic E-state index is 0.346. The van der Waals surface area contributed by atoms with Gasteiger partial charge in [0.1, 0.15) is 0 Å². The lowest BCUT2D eigenvalue weighted by Gasteiger charge is -2.33. The van der Waals surface area contributed by atoms with Crippen molar-refractivity contribution in [3.05, 3.63) is 0 Å². The molecule has 2 unspecified atom stereocenters. The molecule has 0 aliphatic carbocycles. The van der Waals surface area contributed by atoms with Crippen molar-refractivity contribution < 1.29 is 0 Å². The lowest BCUT2D eigenvalue weighted by molar-refractivity contribution is 0.146. The summed E-state index contributed by atoms with van der Waals surface area (Å²) in [6.07, 6.45) is 1.36. The quantitative estimate of drug-likeness (QED) is 0.709. The average Bonchev–Trinajstić information content (AvgIpc) is 2.63. The van der Waals surface area contributed by atoms with Crippen molar-refractivity contribution >= 4 is 0 Å². The Morgan fingerprint density at radius 3 is 2.40 bits per heavy atom. The molecular weight excluding hydrogens is 184 g/mol. The molecule has 0 aromatic carbocycles. The van der Waals surface area contributed by atoms with Crippen LogP contribution in [0.5, 0.6) is 0 Å². The molecule has 0 saturated carbocycles. The molecule has 0 spiro atoms. The summed E-state index contributed by atoms with van der Waals surface area (Å²) in [5.74, 6) is 0.856. The SMILES string of the molecule is CCN(C)C(C)C1CCN(C(C)(C)C)C1. The summed E-state index contributed by atoms with van der Waals surface area (Å²) in [5, 5.41) is 0. The first kappa shape index (κ1) is 13.0. The van der Waals surface area contributed by atoms with Crippen LogP contribution >= 0.6 is 0 Å². The van der Waals surface area contributed by atoms with Gasteiger partial charge in [0.2, 0.25) is 0 Å². The second-order valence-electron chi connectivity index (χ2n) is 5.98. The van der Waals surface area contributed by atoms with Crippen LogP contribution in [-0.4, -0.2) is 48.1 Å². The Balaban J connectivity index is 2.49. The maximum atomic E-state index is 2.62. The minimum Gasteiger partial charge on any atom is -0.304 e. The molecule has 1 fully saturated rings. The van der Waals surface area contributed by atoms with Gasteiger partial charge in [0.15, 0.2) is 0 Å². The Hall–Kier alpha value is -0.0800. The minimum atomic E-state index is 0.346. The normalized spacial score (nSPS) is 26.2. The second-order valence-corrected chi connectivity index (χ2v) is 5.98. The van der Waals surface area contributed by atoms with E-state index < -0.39 is 0 Å². The van der Waals surface area contributed by atoms with Crippen molar-refractivity contribution in [2.24, 2.45) is 5.92 Å². The average molecular weight is 212 g/mol. The molecule has 1 aliphatic rings. The molecule has 0 radical (unpaired) electrons. The van der Waals surface area contributed by atoms with Gasteiger partial charge in [-0.1, -0.05) is 6.92 Å².